The van der Waals surface area contributed by atoms with Crippen molar-refractivity contribution < 1.29 is 4.70 Å². The molecule has 1 aromatic rings. The number of rotatable bonds is 0. The molecule has 0 heterocycles. The lowest BCUT2D eigenvalue weighted by Gasteiger charge is -1.80. The first-order valence-corrected chi connectivity index (χ1v) is 3.44. The van der Waals surface area contributed by atoms with Crippen LogP contribution < -0.4 is 0 Å². The van der Waals surface area contributed by atoms with Crippen molar-refractivity contribution in [2.24, 2.45) is 0 Å². The van der Waals surface area contributed by atoms with E-state index in [1.165, 1.54) is 3.57 Å². The number of benzene rings is 1. The Labute approximate surface area is 73.2 Å². The summed E-state index contributed by atoms with van der Waals surface area (Å²) < 4.78 is 1.29. The van der Waals surface area contributed by atoms with E-state index < -0.39 is 0 Å². The molecule has 0 bridgehead atoms. The highest BCUT2D eigenvalue weighted by Crippen LogP contribution is 1.99. The summed E-state index contributed by atoms with van der Waals surface area (Å²) in [6.07, 6.45) is 0. The number of nitrogens with zero attached hydrogens (tertiary/aromatic N) is 1. The summed E-state index contributed by atoms with van der Waals surface area (Å²) in [4.78, 5) is 0. The molecule has 0 fully saturated rings. The lowest BCUT2D eigenvalue weighted by molar-refractivity contribution is 1.11. The molecule has 0 spiro atoms. The first-order valence-electron chi connectivity index (χ1n) is 2.36. The van der Waals surface area contributed by atoms with Gasteiger partial charge in [0.05, 0.1) is 0 Å². The average molecular weight is 251 g/mol. The Kier molecular flexibility index (Phi) is 10.1. The van der Waals surface area contributed by atoms with E-state index in [9.17, 15) is 0 Å². The summed E-state index contributed by atoms with van der Waals surface area (Å²) in [6, 6.07) is 10.2. The minimum Gasteiger partial charge on any atom is -0.269 e. The maximum Gasteiger partial charge on any atom is 0.0462 e. The minimum absolute atomic E-state index is 0. The third kappa shape index (κ3) is 5.51. The lowest BCUT2D eigenvalue weighted by Crippen LogP contribution is -1.61. The zero-order chi connectivity index (χ0) is 7.11. The minimum atomic E-state index is 0. The van der Waals surface area contributed by atoms with Crippen LogP contribution >= 0.6 is 22.6 Å². The van der Waals surface area contributed by atoms with Gasteiger partial charge in [-0.2, -0.15) is 0 Å². The second kappa shape index (κ2) is 8.37. The summed E-state index contributed by atoms with van der Waals surface area (Å²) >= 11 is 2.28. The number of halogens is 2. The monoisotopic (exact) mass is 251 g/mol. The van der Waals surface area contributed by atoms with Crippen molar-refractivity contribution in [3.8, 4) is 6.57 Å². The van der Waals surface area contributed by atoms with Crippen LogP contribution in [0.15, 0.2) is 30.3 Å². The van der Waals surface area contributed by atoms with Gasteiger partial charge in [-0.3, -0.25) is 4.70 Å². The molecule has 0 aliphatic rings. The standard InChI is InChI=1S/C6H5I.CHN.FH/c7-6-4-2-1-3-5-6;1-2;/h1-5H;1H;1H. The average Bonchev–Trinajstić information content (AvgIpc) is 1.94. The van der Waals surface area contributed by atoms with Crippen LogP contribution in [-0.2, 0) is 0 Å². The molecule has 0 N–H and O–H groups in total. The Morgan fingerprint density at radius 2 is 1.50 bits per heavy atom. The van der Waals surface area contributed by atoms with Crippen LogP contribution in [0.1, 0.15) is 0 Å². The van der Waals surface area contributed by atoms with E-state index >= 15 is 0 Å². The normalized spacial score (nSPS) is 6.30. The third-order valence-corrected chi connectivity index (χ3v) is 1.45. The predicted octanol–water partition coefficient (Wildman–Crippen LogP) is 2.58. The highest BCUT2D eigenvalue weighted by Gasteiger charge is 1.74. The summed E-state index contributed by atoms with van der Waals surface area (Å²) in [6.45, 7) is 3.50. The Balaban J connectivity index is 0. The van der Waals surface area contributed by atoms with E-state index in [1.54, 1.807) is 0 Å². The van der Waals surface area contributed by atoms with Crippen molar-refractivity contribution >= 4 is 22.6 Å². The van der Waals surface area contributed by atoms with Gasteiger partial charge in [0.15, 0.2) is 0 Å². The molecule has 3 heteroatoms. The lowest BCUT2D eigenvalue weighted by atomic mass is 10.4. The van der Waals surface area contributed by atoms with Crippen LogP contribution in [-0.4, -0.2) is 0 Å². The van der Waals surface area contributed by atoms with Gasteiger partial charge >= 0.3 is 0 Å². The van der Waals surface area contributed by atoms with Crippen LogP contribution in [0.25, 0.3) is 0 Å². The highest BCUT2D eigenvalue weighted by atomic mass is 127. The van der Waals surface area contributed by atoms with E-state index in [0.29, 0.717) is 0 Å². The van der Waals surface area contributed by atoms with E-state index in [2.05, 4.69) is 41.3 Å². The fourth-order valence-electron chi connectivity index (χ4n) is 0.415. The fourth-order valence-corrected chi connectivity index (χ4v) is 0.830. The molecular formula is C7H7FIN. The molecule has 0 saturated heterocycles. The van der Waals surface area contributed by atoms with Crippen molar-refractivity contribution in [3.05, 3.63) is 33.9 Å². The first-order chi connectivity index (χ1) is 4.39. The summed E-state index contributed by atoms with van der Waals surface area (Å²) in [5, 5.41) is 6.50. The molecule has 10 heavy (non-hydrogen) atoms. The van der Waals surface area contributed by atoms with Gasteiger partial charge in [0, 0.05) is 10.1 Å². The second-order valence-electron chi connectivity index (χ2n) is 1.30. The molecule has 0 aromatic heterocycles. The Morgan fingerprint density at radius 3 is 1.70 bits per heavy atom. The number of nitriles is 1. The van der Waals surface area contributed by atoms with E-state index in [0.717, 1.165) is 0 Å². The molecular weight excluding hydrogens is 244 g/mol. The Bertz CT molecular complexity index is 173. The van der Waals surface area contributed by atoms with Crippen LogP contribution in [0, 0.1) is 15.4 Å². The molecule has 0 radical (unpaired) electrons. The zero-order valence-corrected chi connectivity index (χ0v) is 7.36. The van der Waals surface area contributed by atoms with Crippen LogP contribution in [0.4, 0.5) is 4.70 Å². The Hall–Kier alpha value is -0.630. The number of hydrogen-bond donors (Lipinski definition) is 0. The largest absolute Gasteiger partial charge is 0.269 e. The predicted molar refractivity (Wildman–Crippen MR) is 48.3 cm³/mol. The smallest absolute Gasteiger partial charge is 0.0462 e. The van der Waals surface area contributed by atoms with Crippen LogP contribution in [0.3, 0.4) is 0 Å². The van der Waals surface area contributed by atoms with Gasteiger partial charge in [0.1, 0.15) is 0 Å². The number of hydrogen-bond acceptors (Lipinski definition) is 1. The van der Waals surface area contributed by atoms with Gasteiger partial charge in [-0.05, 0) is 34.7 Å². The molecule has 54 valence electrons. The van der Waals surface area contributed by atoms with Gasteiger partial charge < -0.3 is 0 Å². The van der Waals surface area contributed by atoms with Gasteiger partial charge in [0.25, 0.3) is 0 Å². The Morgan fingerprint density at radius 1 is 1.10 bits per heavy atom. The molecule has 1 rings (SSSR count). The second-order valence-corrected chi connectivity index (χ2v) is 2.54. The van der Waals surface area contributed by atoms with Gasteiger partial charge in [-0.1, -0.05) is 18.2 Å². The van der Waals surface area contributed by atoms with Gasteiger partial charge in [-0.25, -0.2) is 5.26 Å². The highest BCUT2D eigenvalue weighted by molar-refractivity contribution is 14.1. The van der Waals surface area contributed by atoms with Crippen molar-refractivity contribution in [2.75, 3.05) is 0 Å². The van der Waals surface area contributed by atoms with Gasteiger partial charge in [0.2, 0.25) is 0 Å². The van der Waals surface area contributed by atoms with Gasteiger partial charge in [-0.15, -0.1) is 0 Å². The zero-order valence-electron chi connectivity index (χ0n) is 5.20. The molecule has 0 saturated carbocycles. The van der Waals surface area contributed by atoms with E-state index in [1.807, 2.05) is 18.2 Å². The maximum atomic E-state index is 6.50. The maximum absolute atomic E-state index is 6.50. The molecule has 0 amide bonds. The van der Waals surface area contributed by atoms with Crippen molar-refractivity contribution in [1.29, 1.82) is 5.26 Å². The molecule has 0 unspecified atom stereocenters. The van der Waals surface area contributed by atoms with Crippen LogP contribution in [0.2, 0.25) is 0 Å². The summed E-state index contributed by atoms with van der Waals surface area (Å²) in [5.41, 5.74) is 0. The van der Waals surface area contributed by atoms with Crippen molar-refractivity contribution in [2.45, 2.75) is 0 Å². The third-order valence-electron chi connectivity index (χ3n) is 0.733. The molecule has 1 nitrogen and oxygen atoms in total. The molecule has 0 atom stereocenters. The SMILES string of the molecule is C#N.F.Ic1ccccc1. The fraction of sp³-hybridized carbons (Fsp3) is 0. The van der Waals surface area contributed by atoms with E-state index in [-0.39, 0.29) is 4.70 Å². The molecule has 1 aromatic carbocycles. The summed E-state index contributed by atoms with van der Waals surface area (Å²) in [7, 11) is 0. The topological polar surface area (TPSA) is 23.8 Å². The first kappa shape index (κ1) is 12.1. The molecule has 0 aliphatic heterocycles. The van der Waals surface area contributed by atoms with E-state index in [4.69, 9.17) is 5.26 Å². The van der Waals surface area contributed by atoms with Crippen LogP contribution in [0.5, 0.6) is 0 Å². The summed E-state index contributed by atoms with van der Waals surface area (Å²) in [5.74, 6) is 0. The molecule has 0 aliphatic carbocycles. The van der Waals surface area contributed by atoms with Crippen molar-refractivity contribution in [1.82, 2.24) is 0 Å². The quantitative estimate of drug-likeness (QED) is 0.650. The van der Waals surface area contributed by atoms with Crippen molar-refractivity contribution in [3.63, 3.8) is 0 Å².